The number of anilines is 1. The maximum absolute atomic E-state index is 12.0. The van der Waals surface area contributed by atoms with Gasteiger partial charge >= 0.3 is 0 Å². The maximum Gasteiger partial charge on any atom is 0.252 e. The molecule has 0 fully saturated rings. The summed E-state index contributed by atoms with van der Waals surface area (Å²) in [5.74, 6) is 0. The summed E-state index contributed by atoms with van der Waals surface area (Å²) in [5, 5.41) is 4.42. The molecule has 0 radical (unpaired) electrons. The second-order valence-electron chi connectivity index (χ2n) is 5.13. The first-order valence-corrected chi connectivity index (χ1v) is 6.89. The third kappa shape index (κ3) is 2.52. The van der Waals surface area contributed by atoms with Gasteiger partial charge < -0.3 is 9.88 Å². The molecule has 4 heteroatoms. The van der Waals surface area contributed by atoms with E-state index >= 15 is 0 Å². The standard InChI is InChI=1S/C17H17N3O/c1-12-10-18-8-7-13(12)11-19-15-9-17(21)20(2)16-6-4-3-5-14(15)16/h3-10,19H,11H2,1-2H3. The molecule has 0 amide bonds. The fourth-order valence-electron chi connectivity index (χ4n) is 2.45. The molecule has 4 nitrogen and oxygen atoms in total. The van der Waals surface area contributed by atoms with Gasteiger partial charge in [0.1, 0.15) is 0 Å². The lowest BCUT2D eigenvalue weighted by molar-refractivity contribution is 0.905. The zero-order valence-electron chi connectivity index (χ0n) is 12.1. The summed E-state index contributed by atoms with van der Waals surface area (Å²) in [4.78, 5) is 16.1. The second kappa shape index (κ2) is 5.40. The number of benzene rings is 1. The average Bonchev–Trinajstić information content (AvgIpc) is 2.51. The Hall–Kier alpha value is -2.62. The Labute approximate surface area is 123 Å². The van der Waals surface area contributed by atoms with E-state index in [4.69, 9.17) is 0 Å². The molecule has 0 saturated heterocycles. The van der Waals surface area contributed by atoms with Gasteiger partial charge in [-0.1, -0.05) is 18.2 Å². The van der Waals surface area contributed by atoms with E-state index in [-0.39, 0.29) is 5.56 Å². The zero-order valence-corrected chi connectivity index (χ0v) is 12.1. The molecule has 0 saturated carbocycles. The molecule has 0 atom stereocenters. The number of pyridine rings is 2. The number of para-hydroxylation sites is 1. The SMILES string of the molecule is Cc1cnccc1CNc1cc(=O)n(C)c2ccccc12. The quantitative estimate of drug-likeness (QED) is 0.802. The van der Waals surface area contributed by atoms with Crippen LogP contribution in [0.15, 0.2) is 53.6 Å². The number of nitrogens with zero attached hydrogens (tertiary/aromatic N) is 2. The highest BCUT2D eigenvalue weighted by molar-refractivity contribution is 5.91. The Kier molecular flexibility index (Phi) is 3.44. The van der Waals surface area contributed by atoms with Crippen LogP contribution in [0.1, 0.15) is 11.1 Å². The van der Waals surface area contributed by atoms with Crippen LogP contribution in [0, 0.1) is 6.92 Å². The summed E-state index contributed by atoms with van der Waals surface area (Å²) in [6, 6.07) is 11.6. The summed E-state index contributed by atoms with van der Waals surface area (Å²) < 4.78 is 1.66. The maximum atomic E-state index is 12.0. The number of rotatable bonds is 3. The molecule has 1 aromatic carbocycles. The van der Waals surface area contributed by atoms with Gasteiger partial charge in [0.15, 0.2) is 0 Å². The fourth-order valence-corrected chi connectivity index (χ4v) is 2.45. The summed E-state index contributed by atoms with van der Waals surface area (Å²) in [6.45, 7) is 2.71. The van der Waals surface area contributed by atoms with E-state index in [1.165, 1.54) is 5.56 Å². The molecule has 0 aliphatic carbocycles. The van der Waals surface area contributed by atoms with Gasteiger partial charge in [-0.05, 0) is 30.2 Å². The predicted molar refractivity (Wildman–Crippen MR) is 85.5 cm³/mol. The number of nitrogens with one attached hydrogen (secondary N) is 1. The van der Waals surface area contributed by atoms with E-state index in [1.807, 2.05) is 43.5 Å². The van der Waals surface area contributed by atoms with Gasteiger partial charge in [-0.2, -0.15) is 0 Å². The molecule has 0 aliphatic heterocycles. The first-order valence-electron chi connectivity index (χ1n) is 6.89. The Bertz CT molecular complexity index is 852. The molecule has 0 aliphatic rings. The van der Waals surface area contributed by atoms with Crippen LogP contribution in [0.3, 0.4) is 0 Å². The zero-order chi connectivity index (χ0) is 14.8. The number of hydrogen-bond acceptors (Lipinski definition) is 3. The van der Waals surface area contributed by atoms with E-state index < -0.39 is 0 Å². The molecule has 0 bridgehead atoms. The summed E-state index contributed by atoms with van der Waals surface area (Å²) in [7, 11) is 1.79. The van der Waals surface area contributed by atoms with Crippen LogP contribution >= 0.6 is 0 Å². The topological polar surface area (TPSA) is 46.9 Å². The molecular weight excluding hydrogens is 262 g/mol. The summed E-state index contributed by atoms with van der Waals surface area (Å²) in [6.07, 6.45) is 3.63. The van der Waals surface area contributed by atoms with E-state index in [1.54, 1.807) is 23.9 Å². The van der Waals surface area contributed by atoms with Crippen LogP contribution < -0.4 is 10.9 Å². The van der Waals surface area contributed by atoms with Crippen molar-refractivity contribution in [2.75, 3.05) is 5.32 Å². The first-order chi connectivity index (χ1) is 10.2. The number of aromatic nitrogens is 2. The molecule has 3 aromatic rings. The normalized spacial score (nSPS) is 10.8. The molecule has 0 unspecified atom stereocenters. The van der Waals surface area contributed by atoms with Gasteiger partial charge in [0.05, 0.1) is 5.52 Å². The molecule has 2 heterocycles. The van der Waals surface area contributed by atoms with Crippen LogP contribution in [0.5, 0.6) is 0 Å². The van der Waals surface area contributed by atoms with Gasteiger partial charge in [-0.3, -0.25) is 9.78 Å². The van der Waals surface area contributed by atoms with Gasteiger partial charge in [0.25, 0.3) is 5.56 Å². The first kappa shape index (κ1) is 13.4. The van der Waals surface area contributed by atoms with Crippen molar-refractivity contribution in [1.29, 1.82) is 0 Å². The Morgan fingerprint density at radius 3 is 2.86 bits per heavy atom. The van der Waals surface area contributed by atoms with Crippen molar-refractivity contribution in [3.8, 4) is 0 Å². The minimum atomic E-state index is -0.0114. The lowest BCUT2D eigenvalue weighted by Gasteiger charge is -2.13. The Morgan fingerprint density at radius 2 is 2.05 bits per heavy atom. The minimum Gasteiger partial charge on any atom is -0.380 e. The van der Waals surface area contributed by atoms with Crippen molar-refractivity contribution in [2.24, 2.45) is 7.05 Å². The Balaban J connectivity index is 2.00. The predicted octanol–water partition coefficient (Wildman–Crippen LogP) is 2.85. The van der Waals surface area contributed by atoms with E-state index in [0.29, 0.717) is 6.54 Å². The van der Waals surface area contributed by atoms with Crippen molar-refractivity contribution >= 4 is 16.6 Å². The molecule has 1 N–H and O–H groups in total. The molecule has 21 heavy (non-hydrogen) atoms. The average molecular weight is 279 g/mol. The van der Waals surface area contributed by atoms with E-state index in [2.05, 4.69) is 10.3 Å². The molecular formula is C17H17N3O. The van der Waals surface area contributed by atoms with Gasteiger partial charge in [-0.25, -0.2) is 0 Å². The molecule has 2 aromatic heterocycles. The highest BCUT2D eigenvalue weighted by Gasteiger charge is 2.06. The van der Waals surface area contributed by atoms with E-state index in [9.17, 15) is 4.79 Å². The number of hydrogen-bond donors (Lipinski definition) is 1. The van der Waals surface area contributed by atoms with Crippen molar-refractivity contribution in [1.82, 2.24) is 9.55 Å². The number of fused-ring (bicyclic) bond motifs is 1. The van der Waals surface area contributed by atoms with Crippen LogP contribution in [0.2, 0.25) is 0 Å². The largest absolute Gasteiger partial charge is 0.380 e. The highest BCUT2D eigenvalue weighted by Crippen LogP contribution is 2.21. The van der Waals surface area contributed by atoms with Gasteiger partial charge in [0, 0.05) is 43.1 Å². The van der Waals surface area contributed by atoms with Crippen molar-refractivity contribution < 1.29 is 0 Å². The second-order valence-corrected chi connectivity index (χ2v) is 5.13. The third-order valence-electron chi connectivity index (χ3n) is 3.76. The van der Waals surface area contributed by atoms with Gasteiger partial charge in [-0.15, -0.1) is 0 Å². The van der Waals surface area contributed by atoms with Crippen molar-refractivity contribution in [3.05, 3.63) is 70.3 Å². The van der Waals surface area contributed by atoms with Crippen LogP contribution in [0.4, 0.5) is 5.69 Å². The monoisotopic (exact) mass is 279 g/mol. The fraction of sp³-hybridized carbons (Fsp3) is 0.176. The smallest absolute Gasteiger partial charge is 0.252 e. The molecule has 106 valence electrons. The lowest BCUT2D eigenvalue weighted by atomic mass is 10.1. The molecule has 3 rings (SSSR count). The minimum absolute atomic E-state index is 0.0114. The van der Waals surface area contributed by atoms with Gasteiger partial charge in [0.2, 0.25) is 0 Å². The molecule has 0 spiro atoms. The summed E-state index contributed by atoms with van der Waals surface area (Å²) in [5.41, 5.74) is 4.10. The lowest BCUT2D eigenvalue weighted by Crippen LogP contribution is -2.17. The Morgan fingerprint density at radius 1 is 1.24 bits per heavy atom. The van der Waals surface area contributed by atoms with Crippen LogP contribution in [0.25, 0.3) is 10.9 Å². The van der Waals surface area contributed by atoms with Crippen LogP contribution in [-0.2, 0) is 13.6 Å². The number of aryl methyl sites for hydroxylation is 2. The van der Waals surface area contributed by atoms with Crippen LogP contribution in [-0.4, -0.2) is 9.55 Å². The highest BCUT2D eigenvalue weighted by atomic mass is 16.1. The van der Waals surface area contributed by atoms with Crippen molar-refractivity contribution in [3.63, 3.8) is 0 Å². The van der Waals surface area contributed by atoms with Crippen molar-refractivity contribution in [2.45, 2.75) is 13.5 Å². The third-order valence-corrected chi connectivity index (χ3v) is 3.76. The van der Waals surface area contributed by atoms with E-state index in [0.717, 1.165) is 22.2 Å². The summed E-state index contributed by atoms with van der Waals surface area (Å²) >= 11 is 0.